The van der Waals surface area contributed by atoms with Gasteiger partial charge in [-0.2, -0.15) is 0 Å². The molecular weight excluding hydrogens is 178 g/mol. The number of hydrogen-bond donors (Lipinski definition) is 2. The minimum atomic E-state index is 0.237. The van der Waals surface area contributed by atoms with Crippen LogP contribution in [0.1, 0.15) is 39.5 Å². The van der Waals surface area contributed by atoms with Gasteiger partial charge in [0.25, 0.3) is 0 Å². The van der Waals surface area contributed by atoms with Crippen LogP contribution in [-0.4, -0.2) is 36.5 Å². The van der Waals surface area contributed by atoms with E-state index in [2.05, 4.69) is 19.2 Å². The van der Waals surface area contributed by atoms with E-state index < -0.39 is 0 Å². The number of ether oxygens (including phenoxy) is 1. The van der Waals surface area contributed by atoms with Crippen molar-refractivity contribution in [2.45, 2.75) is 57.7 Å². The van der Waals surface area contributed by atoms with Crippen molar-refractivity contribution < 1.29 is 9.84 Å². The first kappa shape index (κ1) is 12.0. The van der Waals surface area contributed by atoms with Crippen LogP contribution in [-0.2, 0) is 4.74 Å². The van der Waals surface area contributed by atoms with Gasteiger partial charge in [-0.3, -0.25) is 0 Å². The highest BCUT2D eigenvalue weighted by atomic mass is 16.5. The summed E-state index contributed by atoms with van der Waals surface area (Å²) in [5.41, 5.74) is 0. The van der Waals surface area contributed by atoms with Crippen molar-refractivity contribution in [2.24, 2.45) is 0 Å². The molecule has 0 unspecified atom stereocenters. The summed E-state index contributed by atoms with van der Waals surface area (Å²) >= 11 is 0. The third-order valence-electron chi connectivity index (χ3n) is 2.61. The number of hydrogen-bond acceptors (Lipinski definition) is 3. The molecule has 0 bridgehead atoms. The van der Waals surface area contributed by atoms with Crippen molar-refractivity contribution >= 4 is 0 Å². The molecule has 3 nitrogen and oxygen atoms in total. The molecule has 3 heteroatoms. The van der Waals surface area contributed by atoms with Crippen molar-refractivity contribution in [3.63, 3.8) is 0 Å². The SMILES string of the molecule is CC(C)N[C@@H]1CC[C@H](OCCCO)C1. The summed E-state index contributed by atoms with van der Waals surface area (Å²) in [5.74, 6) is 0. The number of aliphatic hydroxyl groups excluding tert-OH is 1. The number of nitrogens with one attached hydrogen (secondary N) is 1. The van der Waals surface area contributed by atoms with Gasteiger partial charge >= 0.3 is 0 Å². The highest BCUT2D eigenvalue weighted by molar-refractivity contribution is 4.82. The Kier molecular flexibility index (Phi) is 5.45. The lowest BCUT2D eigenvalue weighted by Crippen LogP contribution is -2.33. The summed E-state index contributed by atoms with van der Waals surface area (Å²) in [6.45, 7) is 5.30. The number of rotatable bonds is 6. The van der Waals surface area contributed by atoms with Crippen LogP contribution in [0.25, 0.3) is 0 Å². The molecule has 0 aromatic rings. The summed E-state index contributed by atoms with van der Waals surface area (Å²) in [4.78, 5) is 0. The third kappa shape index (κ3) is 4.40. The summed E-state index contributed by atoms with van der Waals surface area (Å²) in [6, 6.07) is 1.20. The lowest BCUT2D eigenvalue weighted by atomic mass is 10.2. The maximum Gasteiger partial charge on any atom is 0.0590 e. The van der Waals surface area contributed by atoms with Crippen LogP contribution in [0, 0.1) is 0 Å². The Labute approximate surface area is 86.8 Å². The van der Waals surface area contributed by atoms with Gasteiger partial charge < -0.3 is 15.2 Å². The summed E-state index contributed by atoms with van der Waals surface area (Å²) in [5, 5.41) is 12.2. The fourth-order valence-corrected chi connectivity index (χ4v) is 2.03. The van der Waals surface area contributed by atoms with Gasteiger partial charge in [-0.05, 0) is 25.7 Å². The Morgan fingerprint density at radius 1 is 1.43 bits per heavy atom. The molecule has 1 fully saturated rings. The van der Waals surface area contributed by atoms with Gasteiger partial charge in [-0.1, -0.05) is 13.8 Å². The van der Waals surface area contributed by atoms with E-state index in [0.29, 0.717) is 24.8 Å². The molecule has 0 radical (unpaired) electrons. The molecule has 1 rings (SSSR count). The first-order chi connectivity index (χ1) is 6.72. The predicted molar refractivity (Wildman–Crippen MR) is 57.4 cm³/mol. The lowest BCUT2D eigenvalue weighted by Gasteiger charge is -2.16. The van der Waals surface area contributed by atoms with Crippen LogP contribution in [0.15, 0.2) is 0 Å². The van der Waals surface area contributed by atoms with Gasteiger partial charge in [0.05, 0.1) is 6.10 Å². The average molecular weight is 201 g/mol. The van der Waals surface area contributed by atoms with Gasteiger partial charge in [0, 0.05) is 25.3 Å². The van der Waals surface area contributed by atoms with E-state index in [0.717, 1.165) is 19.3 Å². The van der Waals surface area contributed by atoms with E-state index in [4.69, 9.17) is 9.84 Å². The molecule has 0 aromatic heterocycles. The second kappa shape index (κ2) is 6.38. The van der Waals surface area contributed by atoms with Crippen molar-refractivity contribution in [2.75, 3.05) is 13.2 Å². The van der Waals surface area contributed by atoms with Crippen LogP contribution in [0.4, 0.5) is 0 Å². The van der Waals surface area contributed by atoms with Crippen LogP contribution in [0.3, 0.4) is 0 Å². The Hall–Kier alpha value is -0.120. The van der Waals surface area contributed by atoms with E-state index in [9.17, 15) is 0 Å². The van der Waals surface area contributed by atoms with E-state index in [1.54, 1.807) is 0 Å². The molecule has 0 aliphatic heterocycles. The maximum atomic E-state index is 8.62. The maximum absolute atomic E-state index is 8.62. The molecule has 1 aliphatic carbocycles. The molecule has 0 heterocycles. The molecule has 0 aromatic carbocycles. The molecule has 2 N–H and O–H groups in total. The second-order valence-electron chi connectivity index (χ2n) is 4.40. The molecule has 0 saturated heterocycles. The van der Waals surface area contributed by atoms with Crippen molar-refractivity contribution in [3.8, 4) is 0 Å². The standard InChI is InChI=1S/C11H23NO2/c1-9(2)12-10-4-5-11(8-10)14-7-3-6-13/h9-13H,3-8H2,1-2H3/t10-,11+/m1/s1. The highest BCUT2D eigenvalue weighted by Gasteiger charge is 2.24. The van der Waals surface area contributed by atoms with E-state index in [1.165, 1.54) is 6.42 Å². The minimum Gasteiger partial charge on any atom is -0.396 e. The van der Waals surface area contributed by atoms with Crippen molar-refractivity contribution in [1.82, 2.24) is 5.32 Å². The molecule has 0 spiro atoms. The minimum absolute atomic E-state index is 0.237. The topological polar surface area (TPSA) is 41.5 Å². The van der Waals surface area contributed by atoms with Gasteiger partial charge in [0.2, 0.25) is 0 Å². The Balaban J connectivity index is 2.08. The Morgan fingerprint density at radius 2 is 2.21 bits per heavy atom. The molecular formula is C11H23NO2. The van der Waals surface area contributed by atoms with Crippen LogP contribution < -0.4 is 5.32 Å². The zero-order valence-corrected chi connectivity index (χ0v) is 9.33. The second-order valence-corrected chi connectivity index (χ2v) is 4.40. The van der Waals surface area contributed by atoms with Crippen molar-refractivity contribution in [1.29, 1.82) is 0 Å². The highest BCUT2D eigenvalue weighted by Crippen LogP contribution is 2.22. The zero-order valence-electron chi connectivity index (χ0n) is 9.33. The first-order valence-corrected chi connectivity index (χ1v) is 5.71. The van der Waals surface area contributed by atoms with Gasteiger partial charge in [0.15, 0.2) is 0 Å². The van der Waals surface area contributed by atoms with Gasteiger partial charge in [-0.15, -0.1) is 0 Å². The van der Waals surface area contributed by atoms with Crippen molar-refractivity contribution in [3.05, 3.63) is 0 Å². The monoisotopic (exact) mass is 201 g/mol. The van der Waals surface area contributed by atoms with Crippen LogP contribution >= 0.6 is 0 Å². The smallest absolute Gasteiger partial charge is 0.0590 e. The lowest BCUT2D eigenvalue weighted by molar-refractivity contribution is 0.0472. The van der Waals surface area contributed by atoms with E-state index in [-0.39, 0.29) is 6.61 Å². The molecule has 1 aliphatic rings. The molecule has 0 amide bonds. The largest absolute Gasteiger partial charge is 0.396 e. The average Bonchev–Trinajstić information content (AvgIpc) is 2.52. The fourth-order valence-electron chi connectivity index (χ4n) is 2.03. The van der Waals surface area contributed by atoms with E-state index >= 15 is 0 Å². The van der Waals surface area contributed by atoms with Gasteiger partial charge in [0.1, 0.15) is 0 Å². The quantitative estimate of drug-likeness (QED) is 0.637. The Morgan fingerprint density at radius 3 is 2.86 bits per heavy atom. The van der Waals surface area contributed by atoms with Crippen LogP contribution in [0.5, 0.6) is 0 Å². The first-order valence-electron chi connectivity index (χ1n) is 5.71. The predicted octanol–water partition coefficient (Wildman–Crippen LogP) is 1.30. The molecule has 14 heavy (non-hydrogen) atoms. The molecule has 2 atom stereocenters. The summed E-state index contributed by atoms with van der Waals surface area (Å²) in [7, 11) is 0. The third-order valence-corrected chi connectivity index (χ3v) is 2.61. The molecule has 84 valence electrons. The summed E-state index contributed by atoms with van der Waals surface area (Å²) in [6.07, 6.45) is 4.69. The normalized spacial score (nSPS) is 27.4. The van der Waals surface area contributed by atoms with E-state index in [1.807, 2.05) is 0 Å². The summed E-state index contributed by atoms with van der Waals surface area (Å²) < 4.78 is 5.66. The molecule has 1 saturated carbocycles. The van der Waals surface area contributed by atoms with Crippen LogP contribution in [0.2, 0.25) is 0 Å². The number of aliphatic hydroxyl groups is 1. The zero-order chi connectivity index (χ0) is 10.4. The fraction of sp³-hybridized carbons (Fsp3) is 1.00. The Bertz CT molecular complexity index is 150. The van der Waals surface area contributed by atoms with Gasteiger partial charge in [-0.25, -0.2) is 0 Å².